The van der Waals surface area contributed by atoms with Crippen LogP contribution in [0.1, 0.15) is 0 Å². The molecule has 0 saturated carbocycles. The van der Waals surface area contributed by atoms with Crippen molar-refractivity contribution in [2.24, 2.45) is 0 Å². The van der Waals surface area contributed by atoms with E-state index in [1.807, 2.05) is 48.5 Å². The zero-order chi connectivity index (χ0) is 15.6. The molecule has 2 aromatic carbocycles. The molecular weight excluding hydrogens is 290 g/mol. The van der Waals surface area contributed by atoms with Crippen LogP contribution in [0.15, 0.2) is 67.0 Å². The molecule has 0 radical (unpaired) electrons. The zero-order valence-electron chi connectivity index (χ0n) is 12.1. The molecule has 1 amide bonds. The van der Waals surface area contributed by atoms with Crippen LogP contribution in [0.5, 0.6) is 5.75 Å². The maximum Gasteiger partial charge on any atom is 0.417 e. The number of benzene rings is 2. The van der Waals surface area contributed by atoms with Gasteiger partial charge >= 0.3 is 6.09 Å². The van der Waals surface area contributed by atoms with Crippen LogP contribution in [0.25, 0.3) is 21.8 Å². The fourth-order valence-corrected chi connectivity index (χ4v) is 2.57. The third-order valence-electron chi connectivity index (χ3n) is 3.62. The Bertz CT molecular complexity index is 1000. The molecule has 4 aromatic rings. The second-order valence-electron chi connectivity index (χ2n) is 5.09. The Morgan fingerprint density at radius 3 is 2.87 bits per heavy atom. The summed E-state index contributed by atoms with van der Waals surface area (Å²) in [7, 11) is 0. The Labute approximate surface area is 131 Å². The van der Waals surface area contributed by atoms with E-state index in [1.165, 1.54) is 0 Å². The second-order valence-corrected chi connectivity index (χ2v) is 5.09. The molecule has 0 bridgehead atoms. The van der Waals surface area contributed by atoms with Crippen molar-refractivity contribution in [1.29, 1.82) is 0 Å². The molecule has 0 saturated heterocycles. The average molecular weight is 303 g/mol. The summed E-state index contributed by atoms with van der Waals surface area (Å²) >= 11 is 0. The normalized spacial score (nSPS) is 10.8. The minimum Gasteiger partial charge on any atom is -0.408 e. The van der Waals surface area contributed by atoms with Crippen molar-refractivity contribution in [3.05, 3.63) is 67.0 Å². The minimum atomic E-state index is -0.548. The van der Waals surface area contributed by atoms with Crippen LogP contribution < -0.4 is 10.1 Å². The van der Waals surface area contributed by atoms with E-state index in [0.29, 0.717) is 17.0 Å². The van der Waals surface area contributed by atoms with Gasteiger partial charge < -0.3 is 9.72 Å². The van der Waals surface area contributed by atoms with E-state index >= 15 is 0 Å². The number of hydrogen-bond donors (Lipinski definition) is 2. The third-order valence-corrected chi connectivity index (χ3v) is 3.62. The summed E-state index contributed by atoms with van der Waals surface area (Å²) in [5.41, 5.74) is 2.29. The first kappa shape index (κ1) is 13.3. The Morgan fingerprint density at radius 2 is 1.91 bits per heavy atom. The van der Waals surface area contributed by atoms with Crippen LogP contribution in [0.4, 0.5) is 10.5 Å². The van der Waals surface area contributed by atoms with Crippen LogP contribution in [0.2, 0.25) is 0 Å². The van der Waals surface area contributed by atoms with E-state index < -0.39 is 6.09 Å². The van der Waals surface area contributed by atoms with Gasteiger partial charge in [-0.15, -0.1) is 0 Å². The summed E-state index contributed by atoms with van der Waals surface area (Å²) in [5, 5.41) is 4.61. The highest BCUT2D eigenvalue weighted by molar-refractivity contribution is 6.00. The molecule has 0 aliphatic carbocycles. The van der Waals surface area contributed by atoms with Gasteiger partial charge in [0.05, 0.1) is 5.69 Å². The number of fused-ring (bicyclic) bond motifs is 2. The van der Waals surface area contributed by atoms with Crippen LogP contribution >= 0.6 is 0 Å². The number of carbonyl (C=O) groups is 1. The summed E-state index contributed by atoms with van der Waals surface area (Å²) in [6.45, 7) is 0. The molecule has 0 atom stereocenters. The maximum atomic E-state index is 12.2. The number of nitrogens with zero attached hydrogens (tertiary/aromatic N) is 1. The molecule has 2 aromatic heterocycles. The first-order chi connectivity index (χ1) is 11.3. The van der Waals surface area contributed by atoms with E-state index in [4.69, 9.17) is 4.74 Å². The average Bonchev–Trinajstić information content (AvgIpc) is 2.98. The number of aromatic amines is 1. The van der Waals surface area contributed by atoms with Gasteiger partial charge in [0.2, 0.25) is 0 Å². The van der Waals surface area contributed by atoms with Crippen molar-refractivity contribution in [1.82, 2.24) is 9.97 Å². The second kappa shape index (κ2) is 5.46. The molecule has 2 N–H and O–H groups in total. The zero-order valence-corrected chi connectivity index (χ0v) is 12.1. The molecule has 0 aliphatic rings. The highest BCUT2D eigenvalue weighted by atomic mass is 16.6. The molecule has 0 aliphatic heterocycles. The molecular formula is C18H13N3O2. The molecule has 4 rings (SSSR count). The number of para-hydroxylation sites is 2. The van der Waals surface area contributed by atoms with Crippen LogP contribution in [0, 0.1) is 0 Å². The predicted octanol–water partition coefficient (Wildman–Crippen LogP) is 4.33. The molecule has 23 heavy (non-hydrogen) atoms. The summed E-state index contributed by atoms with van der Waals surface area (Å²) < 4.78 is 5.42. The first-order valence-corrected chi connectivity index (χ1v) is 7.20. The van der Waals surface area contributed by atoms with Crippen LogP contribution in [-0.4, -0.2) is 16.1 Å². The molecule has 0 unspecified atom stereocenters. The standard InChI is InChI=1S/C18H13N3O2/c22-18(21-15-11-20-14-8-2-1-7-13(14)15)23-16-9-3-5-12-6-4-10-19-17(12)16/h1-11,20H,(H,21,22). The Morgan fingerprint density at radius 1 is 1.04 bits per heavy atom. The van der Waals surface area contributed by atoms with Crippen molar-refractivity contribution >= 4 is 33.6 Å². The van der Waals surface area contributed by atoms with Crippen molar-refractivity contribution < 1.29 is 9.53 Å². The van der Waals surface area contributed by atoms with E-state index in [2.05, 4.69) is 15.3 Å². The summed E-state index contributed by atoms with van der Waals surface area (Å²) in [4.78, 5) is 19.6. The van der Waals surface area contributed by atoms with Gasteiger partial charge in [0.1, 0.15) is 5.52 Å². The number of nitrogens with one attached hydrogen (secondary N) is 2. The number of rotatable bonds is 2. The Hall–Kier alpha value is -3.34. The van der Waals surface area contributed by atoms with Crippen molar-refractivity contribution in [3.8, 4) is 5.75 Å². The summed E-state index contributed by atoms with van der Waals surface area (Å²) in [5.74, 6) is 0.431. The number of carbonyl (C=O) groups excluding carboxylic acids is 1. The third kappa shape index (κ3) is 2.48. The largest absolute Gasteiger partial charge is 0.417 e. The van der Waals surface area contributed by atoms with Gasteiger partial charge in [0.25, 0.3) is 0 Å². The number of amides is 1. The van der Waals surface area contributed by atoms with Crippen molar-refractivity contribution in [3.63, 3.8) is 0 Å². The summed E-state index contributed by atoms with van der Waals surface area (Å²) in [6.07, 6.45) is 2.87. The number of H-pyrrole nitrogens is 1. The number of ether oxygens (including phenoxy) is 1. The smallest absolute Gasteiger partial charge is 0.408 e. The van der Waals surface area contributed by atoms with E-state index in [1.54, 1.807) is 18.5 Å². The fraction of sp³-hybridized carbons (Fsp3) is 0. The minimum absolute atomic E-state index is 0.431. The van der Waals surface area contributed by atoms with Crippen molar-refractivity contribution in [2.45, 2.75) is 0 Å². The van der Waals surface area contributed by atoms with Gasteiger partial charge in [-0.1, -0.05) is 36.4 Å². The molecule has 2 heterocycles. The lowest BCUT2D eigenvalue weighted by Gasteiger charge is -2.07. The maximum absolute atomic E-state index is 12.2. The number of pyridine rings is 1. The lowest BCUT2D eigenvalue weighted by atomic mass is 10.2. The summed E-state index contributed by atoms with van der Waals surface area (Å²) in [6, 6.07) is 17.0. The SMILES string of the molecule is O=C(Nc1c[nH]c2ccccc12)Oc1cccc2cccnc12. The van der Waals surface area contributed by atoms with Crippen LogP contribution in [0.3, 0.4) is 0 Å². The van der Waals surface area contributed by atoms with Gasteiger partial charge in [-0.25, -0.2) is 4.79 Å². The van der Waals surface area contributed by atoms with E-state index in [9.17, 15) is 4.79 Å². The highest BCUT2D eigenvalue weighted by Crippen LogP contribution is 2.25. The highest BCUT2D eigenvalue weighted by Gasteiger charge is 2.11. The lowest BCUT2D eigenvalue weighted by molar-refractivity contribution is 0.215. The quantitative estimate of drug-likeness (QED) is 0.579. The molecule has 0 spiro atoms. The molecule has 5 nitrogen and oxygen atoms in total. The first-order valence-electron chi connectivity index (χ1n) is 7.20. The van der Waals surface area contributed by atoms with Gasteiger partial charge in [0.15, 0.2) is 5.75 Å². The van der Waals surface area contributed by atoms with Gasteiger partial charge in [0, 0.05) is 28.7 Å². The Kier molecular flexibility index (Phi) is 3.16. The topological polar surface area (TPSA) is 67.0 Å². The van der Waals surface area contributed by atoms with Crippen LogP contribution in [-0.2, 0) is 0 Å². The van der Waals surface area contributed by atoms with E-state index in [0.717, 1.165) is 16.3 Å². The van der Waals surface area contributed by atoms with Gasteiger partial charge in [-0.05, 0) is 18.2 Å². The predicted molar refractivity (Wildman–Crippen MR) is 89.7 cm³/mol. The van der Waals surface area contributed by atoms with Gasteiger partial charge in [-0.3, -0.25) is 10.3 Å². The number of hydrogen-bond acceptors (Lipinski definition) is 3. The van der Waals surface area contributed by atoms with E-state index in [-0.39, 0.29) is 0 Å². The lowest BCUT2D eigenvalue weighted by Crippen LogP contribution is -2.16. The molecule has 0 fully saturated rings. The molecule has 5 heteroatoms. The fourth-order valence-electron chi connectivity index (χ4n) is 2.57. The number of anilines is 1. The van der Waals surface area contributed by atoms with Crippen molar-refractivity contribution in [2.75, 3.05) is 5.32 Å². The monoisotopic (exact) mass is 303 g/mol. The molecule has 112 valence electrons. The Balaban J connectivity index is 1.60. The van der Waals surface area contributed by atoms with Gasteiger partial charge in [-0.2, -0.15) is 0 Å². The number of aromatic nitrogens is 2.